The summed E-state index contributed by atoms with van der Waals surface area (Å²) in [4.78, 5) is 0. The maximum absolute atomic E-state index is 3.63. The van der Waals surface area contributed by atoms with Gasteiger partial charge in [-0.25, -0.2) is 0 Å². The van der Waals surface area contributed by atoms with Gasteiger partial charge in [0.15, 0.2) is 0 Å². The number of benzene rings is 6. The first-order chi connectivity index (χ1) is 16.3. The lowest BCUT2D eigenvalue weighted by Crippen LogP contribution is -1.91. The van der Waals surface area contributed by atoms with Gasteiger partial charge in [0.05, 0.1) is 0 Å². The van der Waals surface area contributed by atoms with Crippen LogP contribution in [0, 0.1) is 0 Å². The van der Waals surface area contributed by atoms with Gasteiger partial charge < -0.3 is 5.32 Å². The molecule has 154 valence electrons. The Morgan fingerprint density at radius 3 is 1.88 bits per heavy atom. The summed E-state index contributed by atoms with van der Waals surface area (Å²) < 4.78 is 0. The largest absolute Gasteiger partial charge is 0.355 e. The minimum atomic E-state index is 1.09. The molecule has 6 aromatic rings. The van der Waals surface area contributed by atoms with Gasteiger partial charge in [0, 0.05) is 11.4 Å². The van der Waals surface area contributed by atoms with Crippen molar-refractivity contribution in [2.45, 2.75) is 0 Å². The second-order valence-corrected chi connectivity index (χ2v) is 8.74. The molecule has 0 bridgehead atoms. The zero-order valence-electron chi connectivity index (χ0n) is 18.0. The fourth-order valence-electron chi connectivity index (χ4n) is 5.17. The highest BCUT2D eigenvalue weighted by molar-refractivity contribution is 6.16. The Hall–Kier alpha value is -4.36. The van der Waals surface area contributed by atoms with Gasteiger partial charge in [-0.3, -0.25) is 0 Å². The minimum absolute atomic E-state index is 1.09. The Labute approximate surface area is 193 Å². The molecule has 0 spiro atoms. The van der Waals surface area contributed by atoms with E-state index in [0.717, 1.165) is 11.4 Å². The van der Waals surface area contributed by atoms with E-state index in [1.165, 1.54) is 54.9 Å². The van der Waals surface area contributed by atoms with E-state index in [-0.39, 0.29) is 0 Å². The molecule has 0 saturated carbocycles. The van der Waals surface area contributed by atoms with E-state index in [4.69, 9.17) is 0 Å². The van der Waals surface area contributed by atoms with Crippen LogP contribution in [0.1, 0.15) is 0 Å². The van der Waals surface area contributed by atoms with Gasteiger partial charge in [-0.15, -0.1) is 0 Å². The summed E-state index contributed by atoms with van der Waals surface area (Å²) in [6.07, 6.45) is 0. The monoisotopic (exact) mass is 419 g/mol. The first-order valence-electron chi connectivity index (χ1n) is 11.4. The van der Waals surface area contributed by atoms with Crippen LogP contribution >= 0.6 is 0 Å². The number of hydrogen-bond acceptors (Lipinski definition) is 1. The Morgan fingerprint density at radius 1 is 0.364 bits per heavy atom. The number of anilines is 2. The molecule has 0 aromatic heterocycles. The van der Waals surface area contributed by atoms with E-state index < -0.39 is 0 Å². The number of hydrogen-bond donors (Lipinski definition) is 1. The second-order valence-electron chi connectivity index (χ2n) is 8.74. The summed E-state index contributed by atoms with van der Waals surface area (Å²) in [7, 11) is 0. The smallest absolute Gasteiger partial charge is 0.0396 e. The molecule has 6 aromatic carbocycles. The fourth-order valence-corrected chi connectivity index (χ4v) is 5.17. The molecular weight excluding hydrogens is 398 g/mol. The molecule has 1 aliphatic carbocycles. The lowest BCUT2D eigenvalue weighted by molar-refractivity contribution is 1.56. The summed E-state index contributed by atoms with van der Waals surface area (Å²) in [5, 5.41) is 8.81. The molecule has 0 radical (unpaired) electrons. The van der Waals surface area contributed by atoms with Crippen LogP contribution in [0.5, 0.6) is 0 Å². The van der Waals surface area contributed by atoms with Crippen LogP contribution in [-0.4, -0.2) is 0 Å². The van der Waals surface area contributed by atoms with Gasteiger partial charge >= 0.3 is 0 Å². The van der Waals surface area contributed by atoms with Crippen LogP contribution in [-0.2, 0) is 0 Å². The molecule has 0 fully saturated rings. The molecule has 0 amide bonds. The zero-order chi connectivity index (χ0) is 21.8. The molecule has 0 heterocycles. The van der Waals surface area contributed by atoms with Gasteiger partial charge in [0.2, 0.25) is 0 Å². The fraction of sp³-hybridized carbons (Fsp3) is 0. The number of rotatable bonds is 3. The van der Waals surface area contributed by atoms with E-state index in [2.05, 4.69) is 127 Å². The molecule has 1 nitrogen and oxygen atoms in total. The van der Waals surface area contributed by atoms with E-state index in [1.54, 1.807) is 0 Å². The zero-order valence-corrected chi connectivity index (χ0v) is 18.0. The van der Waals surface area contributed by atoms with Gasteiger partial charge in [-0.05, 0) is 85.3 Å². The van der Waals surface area contributed by atoms with Crippen LogP contribution < -0.4 is 5.32 Å². The average molecular weight is 420 g/mol. The quantitative estimate of drug-likeness (QED) is 0.301. The highest BCUT2D eigenvalue weighted by Gasteiger charge is 2.21. The second kappa shape index (κ2) is 7.08. The third kappa shape index (κ3) is 2.94. The van der Waals surface area contributed by atoms with Crippen LogP contribution in [0.15, 0.2) is 121 Å². The van der Waals surface area contributed by atoms with Crippen molar-refractivity contribution in [1.29, 1.82) is 0 Å². The van der Waals surface area contributed by atoms with Crippen molar-refractivity contribution in [2.24, 2.45) is 0 Å². The third-order valence-corrected chi connectivity index (χ3v) is 6.74. The van der Waals surface area contributed by atoms with E-state index in [1.807, 2.05) is 0 Å². The topological polar surface area (TPSA) is 12.0 Å². The molecule has 33 heavy (non-hydrogen) atoms. The summed E-state index contributed by atoms with van der Waals surface area (Å²) in [5.74, 6) is 0. The summed E-state index contributed by atoms with van der Waals surface area (Å²) >= 11 is 0. The van der Waals surface area contributed by atoms with Crippen molar-refractivity contribution < 1.29 is 0 Å². The molecule has 0 unspecified atom stereocenters. The summed E-state index contributed by atoms with van der Waals surface area (Å²) in [6, 6.07) is 43.7. The summed E-state index contributed by atoms with van der Waals surface area (Å²) in [6.45, 7) is 0. The normalized spacial score (nSPS) is 11.6. The van der Waals surface area contributed by atoms with Crippen molar-refractivity contribution in [3.8, 4) is 33.4 Å². The average Bonchev–Trinajstić information content (AvgIpc) is 3.19. The van der Waals surface area contributed by atoms with E-state index in [9.17, 15) is 0 Å². The van der Waals surface area contributed by atoms with Crippen molar-refractivity contribution in [1.82, 2.24) is 0 Å². The Bertz CT molecular complexity index is 1680. The standard InChI is InChI=1S/C32H21N/c1-2-7-23-18-24(13-12-21(23)6-1)22-14-16-26(17-15-22)33-27-19-25-8-5-11-30-28-9-3-4-10-29(28)31(20-27)32(25)30/h1-20,33H. The molecule has 0 saturated heterocycles. The lowest BCUT2D eigenvalue weighted by atomic mass is 10.0. The van der Waals surface area contributed by atoms with Crippen LogP contribution in [0.2, 0.25) is 0 Å². The highest BCUT2D eigenvalue weighted by atomic mass is 14.9. The van der Waals surface area contributed by atoms with Gasteiger partial charge in [0.1, 0.15) is 0 Å². The van der Waals surface area contributed by atoms with Gasteiger partial charge in [0.25, 0.3) is 0 Å². The van der Waals surface area contributed by atoms with Crippen LogP contribution in [0.25, 0.3) is 54.9 Å². The lowest BCUT2D eigenvalue weighted by Gasteiger charge is -2.11. The molecule has 0 atom stereocenters. The molecule has 0 aliphatic heterocycles. The maximum atomic E-state index is 3.63. The highest BCUT2D eigenvalue weighted by Crippen LogP contribution is 2.48. The van der Waals surface area contributed by atoms with E-state index in [0.29, 0.717) is 0 Å². The maximum Gasteiger partial charge on any atom is 0.0396 e. The first-order valence-corrected chi connectivity index (χ1v) is 11.4. The Kier molecular flexibility index (Phi) is 3.91. The van der Waals surface area contributed by atoms with E-state index >= 15 is 0 Å². The van der Waals surface area contributed by atoms with Crippen molar-refractivity contribution in [3.05, 3.63) is 121 Å². The molecule has 7 rings (SSSR count). The van der Waals surface area contributed by atoms with Crippen LogP contribution in [0.3, 0.4) is 0 Å². The SMILES string of the molecule is c1ccc2c(c1)-c1cccc3cc(Nc4ccc(-c5ccc6ccccc6c5)cc4)cc-2c13. The van der Waals surface area contributed by atoms with Crippen molar-refractivity contribution in [3.63, 3.8) is 0 Å². The van der Waals surface area contributed by atoms with Crippen molar-refractivity contribution in [2.75, 3.05) is 5.32 Å². The number of fused-ring (bicyclic) bond motifs is 4. The Morgan fingerprint density at radius 2 is 1.03 bits per heavy atom. The summed E-state index contributed by atoms with van der Waals surface area (Å²) in [5.41, 5.74) is 9.97. The molecule has 1 heteroatoms. The Balaban J connectivity index is 1.24. The molecule has 1 N–H and O–H groups in total. The predicted molar refractivity (Wildman–Crippen MR) is 141 cm³/mol. The first kappa shape index (κ1) is 18.2. The minimum Gasteiger partial charge on any atom is -0.355 e. The molecule has 1 aliphatic rings. The number of nitrogens with one attached hydrogen (secondary N) is 1. The predicted octanol–water partition coefficient (Wildman–Crippen LogP) is 9.05. The molecular formula is C32H21N. The van der Waals surface area contributed by atoms with Crippen molar-refractivity contribution >= 4 is 32.9 Å². The van der Waals surface area contributed by atoms with Gasteiger partial charge in [-0.2, -0.15) is 0 Å². The van der Waals surface area contributed by atoms with Gasteiger partial charge in [-0.1, -0.05) is 91.0 Å². The van der Waals surface area contributed by atoms with Crippen LogP contribution in [0.4, 0.5) is 11.4 Å². The third-order valence-electron chi connectivity index (χ3n) is 6.74.